The zero-order valence-corrected chi connectivity index (χ0v) is 30.7. The Kier molecular flexibility index (Phi) is 9.98. The predicted molar refractivity (Wildman–Crippen MR) is 188 cm³/mol. The van der Waals surface area contributed by atoms with Crippen LogP contribution in [0.25, 0.3) is 10.8 Å². The highest BCUT2D eigenvalue weighted by atomic mass is 32.2. The van der Waals surface area contributed by atoms with Crippen LogP contribution in [0.15, 0.2) is 42.6 Å². The van der Waals surface area contributed by atoms with Gasteiger partial charge < -0.3 is 29.7 Å². The molecular weight excluding hydrogens is 694 g/mol. The van der Waals surface area contributed by atoms with E-state index in [0.717, 1.165) is 5.39 Å². The summed E-state index contributed by atoms with van der Waals surface area (Å²) in [7, 11) is -2.34. The highest BCUT2D eigenvalue weighted by molar-refractivity contribution is 7.91. The van der Waals surface area contributed by atoms with Gasteiger partial charge >= 0.3 is 6.09 Å². The number of hydrogen-bond donors (Lipinski definition) is 3. The van der Waals surface area contributed by atoms with Crippen LogP contribution in [-0.4, -0.2) is 96.1 Å². The van der Waals surface area contributed by atoms with Crippen molar-refractivity contribution in [2.24, 2.45) is 11.8 Å². The Morgan fingerprint density at radius 3 is 2.50 bits per heavy atom. The maximum atomic E-state index is 14.5. The van der Waals surface area contributed by atoms with E-state index in [-0.39, 0.29) is 43.4 Å². The predicted octanol–water partition coefficient (Wildman–Crippen LogP) is 2.52. The number of hydrogen-bond acceptors (Lipinski definition) is 11. The van der Waals surface area contributed by atoms with Gasteiger partial charge in [-0.15, -0.1) is 0 Å². The van der Waals surface area contributed by atoms with Gasteiger partial charge in [0.25, 0.3) is 5.91 Å². The summed E-state index contributed by atoms with van der Waals surface area (Å²) in [6.45, 7) is 6.70. The standard InChI is InChI=1S/C36H45N5O10S/c1-6-21-18-36(21,33(45)40-52(47,48)24-11-12-24)39-30(43)27-17-23(50-31-25-13-10-22(49-5)16-20(25)14-15-37-31)19-41(27)32(44)29(26-8-7-9-28(26)42)38-34(46)51-35(2,3)4/h7,9-10,13-16,21,23-24,26-27,29H,6,8,11-12,17-19H2,1-5H3,(H,38,46)(H,39,43)(H,40,45)/t21-,23?,26?,27+,29+,36-/m1/s1. The average Bonchev–Trinajstić information content (AvgIpc) is 3.98. The summed E-state index contributed by atoms with van der Waals surface area (Å²) >= 11 is 0. The van der Waals surface area contributed by atoms with Crippen LogP contribution in [0, 0.1) is 11.8 Å². The van der Waals surface area contributed by atoms with Crippen molar-refractivity contribution >= 4 is 50.4 Å². The molecule has 0 spiro atoms. The molecule has 1 aromatic carbocycles. The fourth-order valence-electron chi connectivity index (χ4n) is 7.00. The second-order valence-corrected chi connectivity index (χ2v) is 16.9. The second kappa shape index (κ2) is 14.0. The van der Waals surface area contributed by atoms with Crippen molar-refractivity contribution in [3.8, 4) is 11.6 Å². The number of nitrogens with zero attached hydrogens (tertiary/aromatic N) is 2. The minimum absolute atomic E-state index is 0.0311. The van der Waals surface area contributed by atoms with Crippen LogP contribution in [-0.2, 0) is 33.9 Å². The molecule has 3 aliphatic carbocycles. The third-order valence-corrected chi connectivity index (χ3v) is 11.8. The Hall–Kier alpha value is -4.73. The Labute approximate surface area is 302 Å². The van der Waals surface area contributed by atoms with Crippen molar-refractivity contribution in [1.29, 1.82) is 0 Å². The number of benzene rings is 1. The molecule has 1 saturated heterocycles. The van der Waals surface area contributed by atoms with Crippen LogP contribution in [0.4, 0.5) is 4.79 Å². The number of rotatable bonds is 12. The number of carbonyl (C=O) groups is 5. The fourth-order valence-corrected chi connectivity index (χ4v) is 8.36. The van der Waals surface area contributed by atoms with Gasteiger partial charge in [0.1, 0.15) is 35.1 Å². The van der Waals surface area contributed by atoms with Gasteiger partial charge in [0.15, 0.2) is 5.78 Å². The normalized spacial score (nSPS) is 26.1. The van der Waals surface area contributed by atoms with Crippen molar-refractivity contribution in [2.75, 3.05) is 13.7 Å². The fraction of sp³-hybridized carbons (Fsp3) is 0.556. The van der Waals surface area contributed by atoms with Crippen LogP contribution in [0.2, 0.25) is 0 Å². The first kappa shape index (κ1) is 37.0. The van der Waals surface area contributed by atoms with Gasteiger partial charge in [-0.05, 0) is 88.1 Å². The molecule has 0 bridgehead atoms. The van der Waals surface area contributed by atoms with Gasteiger partial charge in [-0.2, -0.15) is 0 Å². The lowest BCUT2D eigenvalue weighted by atomic mass is 9.94. The van der Waals surface area contributed by atoms with E-state index in [1.807, 2.05) is 13.0 Å². The van der Waals surface area contributed by atoms with Crippen molar-refractivity contribution < 1.29 is 46.6 Å². The first-order valence-corrected chi connectivity index (χ1v) is 19.1. The van der Waals surface area contributed by atoms with E-state index in [2.05, 4.69) is 20.3 Å². The lowest BCUT2D eigenvalue weighted by Crippen LogP contribution is -2.59. The molecule has 2 saturated carbocycles. The number of ketones is 1. The smallest absolute Gasteiger partial charge is 0.408 e. The Morgan fingerprint density at radius 2 is 1.88 bits per heavy atom. The van der Waals surface area contributed by atoms with Crippen LogP contribution >= 0.6 is 0 Å². The Bertz CT molecular complexity index is 1920. The topological polar surface area (TPSA) is 199 Å². The molecule has 52 heavy (non-hydrogen) atoms. The van der Waals surface area contributed by atoms with Crippen LogP contribution in [0.1, 0.15) is 66.2 Å². The zero-order chi connectivity index (χ0) is 37.6. The molecule has 3 fully saturated rings. The lowest BCUT2D eigenvalue weighted by molar-refractivity contribution is -0.143. The maximum absolute atomic E-state index is 14.5. The van der Waals surface area contributed by atoms with E-state index >= 15 is 0 Å². The number of alkyl carbamates (subject to hydrolysis) is 1. The SMILES string of the molecule is CC[C@@H]1C[C@]1(NC(=O)[C@@H]1CC(Oc2nccc3cc(OC)ccc23)CN1C(=O)[C@@H](NC(=O)OC(C)(C)C)C1CC=CC1=O)C(=O)NS(=O)(=O)C1CC1. The highest BCUT2D eigenvalue weighted by Gasteiger charge is 2.62. The molecule has 1 aliphatic heterocycles. The van der Waals surface area contributed by atoms with Crippen molar-refractivity contribution in [2.45, 2.75) is 101 Å². The summed E-state index contributed by atoms with van der Waals surface area (Å²) in [5.41, 5.74) is -2.39. The molecule has 2 heterocycles. The zero-order valence-electron chi connectivity index (χ0n) is 29.8. The number of sulfonamides is 1. The summed E-state index contributed by atoms with van der Waals surface area (Å²) in [6, 6.07) is 4.54. The molecule has 6 atom stereocenters. The number of pyridine rings is 1. The number of aromatic nitrogens is 1. The van der Waals surface area contributed by atoms with Crippen molar-refractivity contribution in [1.82, 2.24) is 25.2 Å². The van der Waals surface area contributed by atoms with E-state index in [4.69, 9.17) is 14.2 Å². The summed E-state index contributed by atoms with van der Waals surface area (Å²) in [5, 5.41) is 6.19. The van der Waals surface area contributed by atoms with Gasteiger partial charge in [0, 0.05) is 18.0 Å². The van der Waals surface area contributed by atoms with Gasteiger partial charge in [0.05, 0.1) is 24.8 Å². The van der Waals surface area contributed by atoms with E-state index < -0.39 is 74.3 Å². The van der Waals surface area contributed by atoms with Crippen molar-refractivity contribution in [3.05, 3.63) is 42.6 Å². The number of likely N-dealkylation sites (tertiary alicyclic amines) is 1. The van der Waals surface area contributed by atoms with E-state index in [1.54, 1.807) is 58.4 Å². The number of ether oxygens (including phenoxy) is 3. The summed E-state index contributed by atoms with van der Waals surface area (Å²) in [5.74, 6) is -2.98. The van der Waals surface area contributed by atoms with Gasteiger partial charge in [-0.1, -0.05) is 19.4 Å². The Balaban J connectivity index is 1.30. The third-order valence-electron chi connectivity index (χ3n) is 9.99. The quantitative estimate of drug-likeness (QED) is 0.289. The number of nitrogens with one attached hydrogen (secondary N) is 3. The molecule has 15 nitrogen and oxygen atoms in total. The van der Waals surface area contributed by atoms with E-state index in [9.17, 15) is 32.4 Å². The maximum Gasteiger partial charge on any atom is 0.408 e. The second-order valence-electron chi connectivity index (χ2n) is 14.9. The minimum atomic E-state index is -3.90. The largest absolute Gasteiger partial charge is 0.497 e. The highest BCUT2D eigenvalue weighted by Crippen LogP contribution is 2.47. The van der Waals surface area contributed by atoms with Crippen LogP contribution < -0.4 is 24.8 Å². The van der Waals surface area contributed by atoms with Gasteiger partial charge in [-0.25, -0.2) is 18.2 Å². The average molecular weight is 740 g/mol. The molecule has 280 valence electrons. The lowest BCUT2D eigenvalue weighted by Gasteiger charge is -2.32. The Morgan fingerprint density at radius 1 is 1.13 bits per heavy atom. The molecule has 4 amide bonds. The minimum Gasteiger partial charge on any atom is -0.497 e. The number of allylic oxidation sites excluding steroid dienone is 2. The first-order chi connectivity index (χ1) is 24.5. The molecular formula is C36H45N5O10S. The summed E-state index contributed by atoms with van der Waals surface area (Å²) in [4.78, 5) is 73.9. The molecule has 3 N–H and O–H groups in total. The number of methoxy groups -OCH3 is 1. The first-order valence-electron chi connectivity index (χ1n) is 17.5. The molecule has 16 heteroatoms. The van der Waals surface area contributed by atoms with E-state index in [1.165, 1.54) is 11.0 Å². The van der Waals surface area contributed by atoms with Crippen molar-refractivity contribution in [3.63, 3.8) is 0 Å². The number of fused-ring (bicyclic) bond motifs is 1. The number of carbonyl (C=O) groups excluding carboxylic acids is 5. The number of amides is 4. The summed E-state index contributed by atoms with van der Waals surface area (Å²) in [6.07, 6.45) is 4.60. The molecule has 4 aliphatic rings. The van der Waals surface area contributed by atoms with Crippen LogP contribution in [0.5, 0.6) is 11.6 Å². The van der Waals surface area contributed by atoms with Gasteiger partial charge in [0.2, 0.25) is 27.7 Å². The molecule has 2 unspecified atom stereocenters. The van der Waals surface area contributed by atoms with Gasteiger partial charge in [-0.3, -0.25) is 23.9 Å². The summed E-state index contributed by atoms with van der Waals surface area (Å²) < 4.78 is 44.7. The monoisotopic (exact) mass is 739 g/mol. The molecule has 1 aromatic heterocycles. The van der Waals surface area contributed by atoms with Crippen LogP contribution in [0.3, 0.4) is 0 Å². The molecule has 6 rings (SSSR count). The third kappa shape index (κ3) is 7.71. The van der Waals surface area contributed by atoms with E-state index in [0.29, 0.717) is 30.4 Å². The molecule has 2 aromatic rings. The molecule has 0 radical (unpaired) electrons.